The molecule has 1 saturated carbocycles. The van der Waals surface area contributed by atoms with Gasteiger partial charge in [-0.3, -0.25) is 9.59 Å². The Bertz CT molecular complexity index is 895. The Morgan fingerprint density at radius 3 is 1.50 bits per heavy atom. The van der Waals surface area contributed by atoms with E-state index < -0.39 is 57.7 Å². The van der Waals surface area contributed by atoms with Gasteiger partial charge in [0.15, 0.2) is 0 Å². The highest BCUT2D eigenvalue weighted by molar-refractivity contribution is 7.16. The number of thiophene rings is 1. The summed E-state index contributed by atoms with van der Waals surface area (Å²) in [6, 6.07) is 0. The number of aryl methyl sites for hydroxylation is 1. The molecule has 16 heteroatoms. The lowest BCUT2D eigenvalue weighted by atomic mass is 9.71. The predicted molar refractivity (Wildman–Crippen MR) is 79.5 cm³/mol. The van der Waals surface area contributed by atoms with Crippen molar-refractivity contribution in [2.75, 3.05) is 5.32 Å². The van der Waals surface area contributed by atoms with Crippen LogP contribution >= 0.6 is 11.3 Å². The number of rotatable bonds is 3. The van der Waals surface area contributed by atoms with Gasteiger partial charge in [0.05, 0.1) is 5.56 Å². The first-order valence-electron chi connectivity index (χ1n) is 7.43. The number of primary amides is 1. The third-order valence-corrected chi connectivity index (χ3v) is 5.74. The molecule has 30 heavy (non-hydrogen) atoms. The molecule has 170 valence electrons. The highest BCUT2D eigenvalue weighted by Crippen LogP contribution is 2.69. The third kappa shape index (κ3) is 2.39. The molecule has 2 amide bonds. The normalized spacial score (nSPS) is 24.8. The van der Waals surface area contributed by atoms with Crippen LogP contribution < -0.4 is 11.1 Å². The fourth-order valence-electron chi connectivity index (χ4n) is 2.71. The van der Waals surface area contributed by atoms with E-state index in [0.29, 0.717) is 0 Å². The molecule has 1 aromatic heterocycles. The largest absolute Gasteiger partial charge is 0.384 e. The van der Waals surface area contributed by atoms with E-state index in [1.54, 1.807) is 0 Å². The number of hydrogen-bond acceptors (Lipinski definition) is 3. The molecule has 1 aliphatic carbocycles. The molecule has 1 aromatic rings. The third-order valence-electron chi connectivity index (χ3n) is 4.61. The van der Waals surface area contributed by atoms with Crippen molar-refractivity contribution in [3.8, 4) is 0 Å². The van der Waals surface area contributed by atoms with E-state index in [1.807, 2.05) is 0 Å². The summed E-state index contributed by atoms with van der Waals surface area (Å²) in [6.07, 6.45) is 0. The molecular formula is C14H9F11N2O2S. The van der Waals surface area contributed by atoms with E-state index in [-0.39, 0.29) is 21.8 Å². The Balaban J connectivity index is 2.74. The fourth-order valence-corrected chi connectivity index (χ4v) is 3.77. The number of carbonyl (C=O) groups is 2. The molecule has 1 aliphatic rings. The van der Waals surface area contributed by atoms with Crippen LogP contribution in [0.15, 0.2) is 0 Å². The van der Waals surface area contributed by atoms with Crippen molar-refractivity contribution in [1.29, 1.82) is 0 Å². The molecule has 4 nitrogen and oxygen atoms in total. The minimum absolute atomic E-state index is 0.0694. The van der Waals surface area contributed by atoms with E-state index >= 15 is 0 Å². The van der Waals surface area contributed by atoms with Gasteiger partial charge in [0.2, 0.25) is 0 Å². The smallest absolute Gasteiger partial charge is 0.365 e. The molecule has 0 atom stereocenters. The lowest BCUT2D eigenvalue weighted by Gasteiger charge is -2.51. The Hall–Kier alpha value is -2.13. The standard InChI is InChI=1S/C14H9F11N2O2S/c1-3-4(2)30-7(5(3)6(26)28)27-8(29)9(15)10(16,17)12(20,21)14(24,25)13(22,23)11(9,18)19/h1-2H3,(H2,26,28)(H,27,29). The maximum Gasteiger partial charge on any atom is 0.384 e. The highest BCUT2D eigenvalue weighted by Gasteiger charge is 3.02. The van der Waals surface area contributed by atoms with Crippen molar-refractivity contribution in [3.05, 3.63) is 16.0 Å². The predicted octanol–water partition coefficient (Wildman–Crippen LogP) is 4.30. The Labute approximate surface area is 163 Å². The molecular weight excluding hydrogens is 469 g/mol. The highest BCUT2D eigenvalue weighted by atomic mass is 32.1. The van der Waals surface area contributed by atoms with E-state index in [2.05, 4.69) is 0 Å². The van der Waals surface area contributed by atoms with Crippen LogP contribution in [-0.4, -0.2) is 47.1 Å². The summed E-state index contributed by atoms with van der Waals surface area (Å²) < 4.78 is 150. The van der Waals surface area contributed by atoms with Gasteiger partial charge in [0, 0.05) is 4.88 Å². The van der Waals surface area contributed by atoms with Gasteiger partial charge in [0.1, 0.15) is 5.00 Å². The van der Waals surface area contributed by atoms with Gasteiger partial charge in [0.25, 0.3) is 11.8 Å². The zero-order valence-electron chi connectivity index (χ0n) is 14.5. The number of alkyl halides is 11. The average Bonchev–Trinajstić information content (AvgIpc) is 2.85. The molecule has 3 N–H and O–H groups in total. The number of amides is 2. The molecule has 1 fully saturated rings. The van der Waals surface area contributed by atoms with Gasteiger partial charge in [-0.25, -0.2) is 4.39 Å². The number of anilines is 1. The quantitative estimate of drug-likeness (QED) is 0.637. The van der Waals surface area contributed by atoms with Crippen LogP contribution in [0.3, 0.4) is 0 Å². The van der Waals surface area contributed by atoms with Gasteiger partial charge < -0.3 is 11.1 Å². The van der Waals surface area contributed by atoms with Crippen molar-refractivity contribution in [2.24, 2.45) is 5.73 Å². The second kappa shape index (κ2) is 6.20. The molecule has 0 aromatic carbocycles. The van der Waals surface area contributed by atoms with Crippen molar-refractivity contribution in [3.63, 3.8) is 0 Å². The molecule has 1 heterocycles. The Morgan fingerprint density at radius 1 is 0.767 bits per heavy atom. The number of nitrogens with one attached hydrogen (secondary N) is 1. The SMILES string of the molecule is Cc1sc(NC(=O)C2(F)C(F)(F)C(F)(F)C(F)(F)C(F)(F)C2(F)F)c(C(N)=O)c1C. The average molecular weight is 478 g/mol. The van der Waals surface area contributed by atoms with Crippen LogP contribution in [0.2, 0.25) is 0 Å². The summed E-state index contributed by atoms with van der Waals surface area (Å²) in [5.74, 6) is -41.8. The summed E-state index contributed by atoms with van der Waals surface area (Å²) in [5, 5.41) is -0.108. The number of halogens is 11. The molecule has 0 bridgehead atoms. The van der Waals surface area contributed by atoms with Crippen LogP contribution in [0.5, 0.6) is 0 Å². The van der Waals surface area contributed by atoms with Crippen LogP contribution in [0.4, 0.5) is 53.3 Å². The molecule has 0 saturated heterocycles. The van der Waals surface area contributed by atoms with Gasteiger partial charge in [-0.1, -0.05) is 0 Å². The Morgan fingerprint density at radius 2 is 1.13 bits per heavy atom. The number of nitrogens with two attached hydrogens (primary N) is 1. The summed E-state index contributed by atoms with van der Waals surface area (Å²) in [5.41, 5.74) is -2.74. The van der Waals surface area contributed by atoms with Gasteiger partial charge >= 0.3 is 35.3 Å². The lowest BCUT2D eigenvalue weighted by Crippen LogP contribution is -2.86. The van der Waals surface area contributed by atoms with Gasteiger partial charge in [-0.2, -0.15) is 43.9 Å². The van der Waals surface area contributed by atoms with Crippen molar-refractivity contribution in [2.45, 2.75) is 49.1 Å². The lowest BCUT2D eigenvalue weighted by molar-refractivity contribution is -0.475. The Kier molecular flexibility index (Phi) is 4.99. The first-order valence-corrected chi connectivity index (χ1v) is 8.25. The van der Waals surface area contributed by atoms with Crippen LogP contribution in [0, 0.1) is 13.8 Å². The maximum atomic E-state index is 14.7. The van der Waals surface area contributed by atoms with Crippen molar-refractivity contribution in [1.82, 2.24) is 0 Å². The van der Waals surface area contributed by atoms with Crippen molar-refractivity contribution < 1.29 is 57.9 Å². The minimum Gasteiger partial charge on any atom is -0.365 e. The van der Waals surface area contributed by atoms with E-state index in [0.717, 1.165) is 12.2 Å². The molecule has 0 aliphatic heterocycles. The molecule has 0 spiro atoms. The molecule has 0 unspecified atom stereocenters. The monoisotopic (exact) mass is 478 g/mol. The first kappa shape index (κ1) is 24.1. The number of hydrogen-bond donors (Lipinski definition) is 2. The second-order valence-electron chi connectivity index (χ2n) is 6.34. The topological polar surface area (TPSA) is 72.2 Å². The summed E-state index contributed by atoms with van der Waals surface area (Å²) in [7, 11) is 0. The summed E-state index contributed by atoms with van der Waals surface area (Å²) >= 11 is 0.248. The van der Waals surface area contributed by atoms with Crippen LogP contribution in [0.25, 0.3) is 0 Å². The van der Waals surface area contributed by atoms with Crippen molar-refractivity contribution >= 4 is 28.2 Å². The van der Waals surface area contributed by atoms with Crippen LogP contribution in [-0.2, 0) is 4.79 Å². The molecule has 2 rings (SSSR count). The summed E-state index contributed by atoms with van der Waals surface area (Å²) in [6.45, 7) is 2.37. The maximum absolute atomic E-state index is 14.7. The van der Waals surface area contributed by atoms with Gasteiger partial charge in [-0.15, -0.1) is 11.3 Å². The molecule has 0 radical (unpaired) electrons. The minimum atomic E-state index is -7.43. The number of carbonyl (C=O) groups excluding carboxylic acids is 2. The van der Waals surface area contributed by atoms with E-state index in [9.17, 15) is 57.9 Å². The van der Waals surface area contributed by atoms with Gasteiger partial charge in [-0.05, 0) is 19.4 Å². The second-order valence-corrected chi connectivity index (χ2v) is 7.56. The van der Waals surface area contributed by atoms with E-state index in [4.69, 9.17) is 5.73 Å². The first-order chi connectivity index (χ1) is 13.1. The zero-order chi connectivity index (χ0) is 23.9. The van der Waals surface area contributed by atoms with E-state index in [1.165, 1.54) is 6.92 Å². The van der Waals surface area contributed by atoms with Crippen LogP contribution in [0.1, 0.15) is 20.8 Å². The zero-order valence-corrected chi connectivity index (χ0v) is 15.3. The summed E-state index contributed by atoms with van der Waals surface area (Å²) in [4.78, 5) is 23.4. The fraction of sp³-hybridized carbons (Fsp3) is 0.571.